The van der Waals surface area contributed by atoms with E-state index in [9.17, 15) is 19.2 Å². The molecule has 16 nitrogen and oxygen atoms in total. The molecule has 6 N–H and O–H groups in total. The summed E-state index contributed by atoms with van der Waals surface area (Å²) in [6.45, 7) is 11.9. The van der Waals surface area contributed by atoms with Gasteiger partial charge in [-0.3, -0.25) is 39.2 Å². The molecule has 6 rings (SSSR count). The molecule has 54 heavy (non-hydrogen) atoms. The second-order valence-corrected chi connectivity index (χ2v) is 13.2. The second kappa shape index (κ2) is 15.7. The average Bonchev–Trinajstić information content (AvgIpc) is 3.88. The van der Waals surface area contributed by atoms with Crippen LogP contribution in [0.15, 0.2) is 42.5 Å². The summed E-state index contributed by atoms with van der Waals surface area (Å²) in [5.74, 6) is -0.971. The number of amides is 4. The molecule has 0 saturated carbocycles. The summed E-state index contributed by atoms with van der Waals surface area (Å²) in [5.41, 5.74) is 17.6. The number of anilines is 2. The minimum absolute atomic E-state index is 0.309. The third kappa shape index (κ3) is 7.44. The van der Waals surface area contributed by atoms with Crippen LogP contribution in [0.4, 0.5) is 11.9 Å². The molecule has 0 unspecified atom stereocenters. The Morgan fingerprint density at radius 1 is 0.685 bits per heavy atom. The average molecular weight is 735 g/mol. The summed E-state index contributed by atoms with van der Waals surface area (Å²) in [7, 11) is 0. The van der Waals surface area contributed by atoms with Crippen LogP contribution in [0.3, 0.4) is 0 Å². The van der Waals surface area contributed by atoms with Crippen molar-refractivity contribution in [3.8, 4) is 0 Å². The summed E-state index contributed by atoms with van der Waals surface area (Å²) < 4.78 is 7.23. The molecular formula is C38H46N12O4. The van der Waals surface area contributed by atoms with Gasteiger partial charge in [-0.2, -0.15) is 10.2 Å². The molecule has 6 aromatic rings. The van der Waals surface area contributed by atoms with E-state index < -0.39 is 11.8 Å². The Labute approximate surface area is 311 Å². The van der Waals surface area contributed by atoms with Gasteiger partial charge in [-0.25, -0.2) is 9.97 Å². The van der Waals surface area contributed by atoms with Crippen LogP contribution in [0.2, 0.25) is 0 Å². The molecule has 4 heterocycles. The molecule has 4 aromatic heterocycles. The van der Waals surface area contributed by atoms with E-state index in [1.165, 1.54) is 0 Å². The fourth-order valence-corrected chi connectivity index (χ4v) is 6.89. The Kier molecular flexibility index (Phi) is 10.9. The largest absolute Gasteiger partial charge is 0.366 e. The zero-order chi connectivity index (χ0) is 38.7. The molecule has 0 radical (unpaired) electrons. The number of nitrogens with two attached hydrogens (primary N) is 2. The molecule has 16 heteroatoms. The smallest absolute Gasteiger partial charge is 0.276 e. The second-order valence-electron chi connectivity index (χ2n) is 13.2. The molecular weight excluding hydrogens is 688 g/mol. The molecule has 0 aliphatic rings. The maximum absolute atomic E-state index is 13.8. The van der Waals surface area contributed by atoms with Crippen LogP contribution in [0.5, 0.6) is 0 Å². The first-order valence-electron chi connectivity index (χ1n) is 18.3. The number of hydrogen-bond acceptors (Lipinski definition) is 8. The van der Waals surface area contributed by atoms with Gasteiger partial charge in [-0.05, 0) is 95.8 Å². The predicted octanol–water partition coefficient (Wildman–Crippen LogP) is 4.96. The number of fused-ring (bicyclic) bond motifs is 2. The number of hydrogen-bond donors (Lipinski definition) is 4. The highest BCUT2D eigenvalue weighted by Gasteiger charge is 2.24. The van der Waals surface area contributed by atoms with Crippen LogP contribution in [-0.4, -0.2) is 62.3 Å². The number of nitrogens with zero attached hydrogens (tertiary/aromatic N) is 8. The van der Waals surface area contributed by atoms with Crippen molar-refractivity contribution in [1.29, 1.82) is 0 Å². The van der Waals surface area contributed by atoms with E-state index in [4.69, 9.17) is 11.5 Å². The van der Waals surface area contributed by atoms with Gasteiger partial charge in [0.2, 0.25) is 23.7 Å². The zero-order valence-electron chi connectivity index (χ0n) is 31.3. The van der Waals surface area contributed by atoms with Gasteiger partial charge in [0.15, 0.2) is 0 Å². The van der Waals surface area contributed by atoms with Crippen LogP contribution in [0.1, 0.15) is 105 Å². The van der Waals surface area contributed by atoms with Gasteiger partial charge in [0.1, 0.15) is 11.4 Å². The van der Waals surface area contributed by atoms with E-state index in [2.05, 4.69) is 30.8 Å². The number of carbonyl (C=O) groups is 4. The Morgan fingerprint density at radius 2 is 1.30 bits per heavy atom. The Morgan fingerprint density at radius 3 is 1.89 bits per heavy atom. The molecule has 0 aliphatic carbocycles. The lowest BCUT2D eigenvalue weighted by Gasteiger charge is -2.11. The van der Waals surface area contributed by atoms with Crippen molar-refractivity contribution in [1.82, 2.24) is 38.7 Å². The van der Waals surface area contributed by atoms with Crippen molar-refractivity contribution in [2.75, 3.05) is 10.6 Å². The minimum Gasteiger partial charge on any atom is -0.366 e. The number of imidazole rings is 2. The van der Waals surface area contributed by atoms with Crippen molar-refractivity contribution in [2.45, 2.75) is 92.9 Å². The van der Waals surface area contributed by atoms with Crippen molar-refractivity contribution in [3.05, 3.63) is 81.9 Å². The number of unbranched alkanes of at least 4 members (excludes halogenated alkanes) is 2. The summed E-state index contributed by atoms with van der Waals surface area (Å²) in [4.78, 5) is 60.1. The van der Waals surface area contributed by atoms with E-state index in [-0.39, 0.29) is 11.8 Å². The number of aromatic nitrogens is 8. The highest BCUT2D eigenvalue weighted by molar-refractivity contribution is 6.05. The quantitative estimate of drug-likeness (QED) is 0.0995. The fraction of sp³-hybridized carbons (Fsp3) is 0.368. The maximum Gasteiger partial charge on any atom is 0.276 e. The lowest BCUT2D eigenvalue weighted by Crippen LogP contribution is -2.21. The Hall–Kier alpha value is -6.32. The molecule has 0 bridgehead atoms. The number of carbonyl (C=O) groups excluding carboxylic acids is 4. The molecule has 4 amide bonds. The van der Waals surface area contributed by atoms with E-state index in [0.717, 1.165) is 53.7 Å². The van der Waals surface area contributed by atoms with Crippen LogP contribution >= 0.6 is 0 Å². The van der Waals surface area contributed by atoms with Crippen molar-refractivity contribution < 1.29 is 19.2 Å². The highest BCUT2D eigenvalue weighted by atomic mass is 16.2. The molecule has 0 fully saturated rings. The number of nitrogens with one attached hydrogen (secondary N) is 2. The van der Waals surface area contributed by atoms with Gasteiger partial charge in [0, 0.05) is 42.9 Å². The standard InChI is InChI=1S/C38H46N12O4/c1-6-17-48-30-16-14-25(34(40)52)21-28(30)42-38(48)43-35(53)31-19-22(4)45-50(31)18-11-9-10-12-26-23(5)46-49(8-3)32(26)36(54)44-37-41-27-20-24(33(39)51)13-15-29(27)47(37)7-2/h13-16,19-21H,6-12,17-18H2,1-5H3,(H2,39,51)(H2,40,52)(H,41,44,54)(H,42,43,53). The number of aryl methyl sites for hydroxylation is 6. The summed E-state index contributed by atoms with van der Waals surface area (Å²) in [6.07, 6.45) is 3.81. The molecule has 0 saturated heterocycles. The Bertz CT molecular complexity index is 2400. The number of primary amides is 2. The molecule has 0 spiro atoms. The highest BCUT2D eigenvalue weighted by Crippen LogP contribution is 2.25. The van der Waals surface area contributed by atoms with Crippen LogP contribution in [0.25, 0.3) is 22.1 Å². The van der Waals surface area contributed by atoms with Gasteiger partial charge in [0.05, 0.1) is 33.5 Å². The molecule has 2 aromatic carbocycles. The molecule has 0 atom stereocenters. The van der Waals surface area contributed by atoms with E-state index in [0.29, 0.717) is 78.0 Å². The number of rotatable bonds is 16. The first-order valence-corrected chi connectivity index (χ1v) is 18.3. The van der Waals surface area contributed by atoms with E-state index >= 15 is 0 Å². The van der Waals surface area contributed by atoms with Gasteiger partial charge in [-0.1, -0.05) is 13.3 Å². The van der Waals surface area contributed by atoms with Gasteiger partial charge >= 0.3 is 0 Å². The first-order chi connectivity index (χ1) is 25.9. The van der Waals surface area contributed by atoms with Gasteiger partial charge < -0.3 is 20.6 Å². The third-order valence-electron chi connectivity index (χ3n) is 9.48. The van der Waals surface area contributed by atoms with Crippen LogP contribution in [-0.2, 0) is 32.6 Å². The van der Waals surface area contributed by atoms with Gasteiger partial charge in [0.25, 0.3) is 11.8 Å². The molecule has 282 valence electrons. The SMILES string of the molecule is CCCn1c(NC(=O)c2cc(C)nn2CCCCCc2c(C)nn(CC)c2C(=O)Nc2nc3cc(C(N)=O)ccc3n2CC)nc2cc(C(N)=O)ccc21. The Balaban J connectivity index is 1.11. The van der Waals surface area contributed by atoms with Crippen molar-refractivity contribution >= 4 is 57.6 Å². The first kappa shape index (κ1) is 37.4. The third-order valence-corrected chi connectivity index (χ3v) is 9.48. The van der Waals surface area contributed by atoms with E-state index in [1.807, 2.05) is 43.8 Å². The monoisotopic (exact) mass is 734 g/mol. The van der Waals surface area contributed by atoms with Gasteiger partial charge in [-0.15, -0.1) is 0 Å². The predicted molar refractivity (Wildman–Crippen MR) is 206 cm³/mol. The minimum atomic E-state index is -0.546. The van der Waals surface area contributed by atoms with Crippen LogP contribution < -0.4 is 22.1 Å². The lowest BCUT2D eigenvalue weighted by atomic mass is 10.0. The summed E-state index contributed by atoms with van der Waals surface area (Å²) >= 11 is 0. The normalized spacial score (nSPS) is 11.4. The van der Waals surface area contributed by atoms with E-state index in [1.54, 1.807) is 51.8 Å². The zero-order valence-corrected chi connectivity index (χ0v) is 31.3. The van der Waals surface area contributed by atoms with Crippen molar-refractivity contribution in [3.63, 3.8) is 0 Å². The maximum atomic E-state index is 13.8. The number of benzene rings is 2. The summed E-state index contributed by atoms with van der Waals surface area (Å²) in [5, 5.41) is 15.2. The fourth-order valence-electron chi connectivity index (χ4n) is 6.89. The molecule has 0 aliphatic heterocycles. The van der Waals surface area contributed by atoms with Crippen LogP contribution in [0, 0.1) is 13.8 Å². The topological polar surface area (TPSA) is 216 Å². The lowest BCUT2D eigenvalue weighted by molar-refractivity contribution is 0.0992. The van der Waals surface area contributed by atoms with Crippen molar-refractivity contribution in [2.24, 2.45) is 11.5 Å². The summed E-state index contributed by atoms with van der Waals surface area (Å²) in [6, 6.07) is 11.9.